The molecular formula is C18H21F3N2O3. The molecule has 2 N–H and O–H groups in total. The van der Waals surface area contributed by atoms with Crippen molar-refractivity contribution in [2.24, 2.45) is 0 Å². The first-order chi connectivity index (χ1) is 12.3. The molecule has 2 fully saturated rings. The van der Waals surface area contributed by atoms with Crippen LogP contribution in [0.3, 0.4) is 0 Å². The van der Waals surface area contributed by atoms with Crippen LogP contribution < -0.4 is 4.90 Å². The van der Waals surface area contributed by atoms with E-state index in [-0.39, 0.29) is 24.0 Å². The molecule has 2 aliphatic rings. The van der Waals surface area contributed by atoms with E-state index in [0.29, 0.717) is 44.5 Å². The van der Waals surface area contributed by atoms with E-state index in [1.54, 1.807) is 0 Å². The number of aromatic nitrogens is 1. The number of alkyl halides is 3. The van der Waals surface area contributed by atoms with Gasteiger partial charge in [0.1, 0.15) is 18.0 Å². The van der Waals surface area contributed by atoms with Crippen molar-refractivity contribution in [3.63, 3.8) is 0 Å². The van der Waals surface area contributed by atoms with Gasteiger partial charge in [-0.3, -0.25) is 0 Å². The number of pyridine rings is 1. The summed E-state index contributed by atoms with van der Waals surface area (Å²) < 4.78 is 45.2. The molecule has 0 unspecified atom stereocenters. The Bertz CT molecular complexity index is 685. The summed E-state index contributed by atoms with van der Waals surface area (Å²) in [4.78, 5) is 5.40. The second-order valence-corrected chi connectivity index (χ2v) is 6.62. The fourth-order valence-corrected chi connectivity index (χ4v) is 3.21. The predicted octanol–water partition coefficient (Wildman–Crippen LogP) is 1.95. The number of piperidine rings is 1. The molecule has 1 aromatic rings. The van der Waals surface area contributed by atoms with Gasteiger partial charge in [0.2, 0.25) is 0 Å². The zero-order chi connectivity index (χ0) is 18.7. The number of hydrogen-bond acceptors (Lipinski definition) is 5. The number of aliphatic hydroxyl groups is 2. The van der Waals surface area contributed by atoms with Crippen molar-refractivity contribution >= 4 is 5.69 Å². The molecular weight excluding hydrogens is 349 g/mol. The second-order valence-electron chi connectivity index (χ2n) is 6.62. The van der Waals surface area contributed by atoms with Crippen molar-refractivity contribution < 1.29 is 28.1 Å². The second kappa shape index (κ2) is 7.82. The lowest BCUT2D eigenvalue weighted by Crippen LogP contribution is -2.43. The molecule has 0 atom stereocenters. The van der Waals surface area contributed by atoms with Crippen molar-refractivity contribution in [2.75, 3.05) is 24.6 Å². The van der Waals surface area contributed by atoms with Crippen LogP contribution in [0.1, 0.15) is 37.1 Å². The van der Waals surface area contributed by atoms with Crippen LogP contribution in [0.2, 0.25) is 0 Å². The van der Waals surface area contributed by atoms with E-state index < -0.39 is 18.5 Å². The molecule has 3 rings (SSSR count). The third kappa shape index (κ3) is 4.67. The van der Waals surface area contributed by atoms with E-state index in [4.69, 9.17) is 9.84 Å². The molecule has 0 spiro atoms. The summed E-state index contributed by atoms with van der Waals surface area (Å²) in [7, 11) is 0. The van der Waals surface area contributed by atoms with Gasteiger partial charge in [0.15, 0.2) is 0 Å². The highest BCUT2D eigenvalue weighted by atomic mass is 19.4. The summed E-state index contributed by atoms with van der Waals surface area (Å²) in [6, 6.07) is 2.55. The van der Waals surface area contributed by atoms with Crippen LogP contribution in [0.25, 0.3) is 0 Å². The Morgan fingerprint density at radius 1 is 1.19 bits per heavy atom. The first-order valence-corrected chi connectivity index (χ1v) is 8.62. The van der Waals surface area contributed by atoms with E-state index in [9.17, 15) is 18.3 Å². The van der Waals surface area contributed by atoms with Gasteiger partial charge in [0.25, 0.3) is 0 Å². The number of nitrogens with zero attached hydrogens (tertiary/aromatic N) is 2. The number of anilines is 1. The monoisotopic (exact) mass is 370 g/mol. The van der Waals surface area contributed by atoms with Gasteiger partial charge in [0, 0.05) is 18.8 Å². The molecule has 26 heavy (non-hydrogen) atoms. The van der Waals surface area contributed by atoms with E-state index in [1.165, 1.54) is 6.07 Å². The summed E-state index contributed by atoms with van der Waals surface area (Å²) >= 11 is 0. The lowest BCUT2D eigenvalue weighted by molar-refractivity contribution is -0.141. The van der Waals surface area contributed by atoms with E-state index >= 15 is 0 Å². The molecule has 0 bridgehead atoms. The van der Waals surface area contributed by atoms with Crippen LogP contribution >= 0.6 is 0 Å². The van der Waals surface area contributed by atoms with E-state index in [2.05, 4.69) is 16.8 Å². The van der Waals surface area contributed by atoms with Crippen LogP contribution in [0, 0.1) is 11.8 Å². The minimum atomic E-state index is -4.56. The maximum Gasteiger partial charge on any atom is 0.433 e. The molecule has 1 saturated carbocycles. The van der Waals surface area contributed by atoms with Gasteiger partial charge in [-0.15, -0.1) is 0 Å². The molecule has 1 aliphatic heterocycles. The third-order valence-corrected chi connectivity index (χ3v) is 4.66. The molecule has 2 heterocycles. The summed E-state index contributed by atoms with van der Waals surface area (Å²) in [5.74, 6) is 4.79. The van der Waals surface area contributed by atoms with Crippen LogP contribution in [-0.2, 0) is 10.9 Å². The van der Waals surface area contributed by atoms with Gasteiger partial charge in [-0.1, -0.05) is 5.92 Å². The largest absolute Gasteiger partial charge is 0.433 e. The minimum absolute atomic E-state index is 0.00861. The number of aliphatic hydroxyl groups excluding tert-OH is 2. The maximum absolute atomic E-state index is 13.1. The Morgan fingerprint density at radius 3 is 2.46 bits per heavy atom. The molecule has 5 nitrogen and oxygen atoms in total. The molecule has 1 saturated heterocycles. The Hall–Kier alpha value is -1.82. The minimum Gasteiger partial charge on any atom is -0.393 e. The van der Waals surface area contributed by atoms with E-state index in [0.717, 1.165) is 6.07 Å². The topological polar surface area (TPSA) is 65.8 Å². The molecule has 0 aromatic carbocycles. The van der Waals surface area contributed by atoms with Crippen molar-refractivity contribution in [1.82, 2.24) is 4.98 Å². The van der Waals surface area contributed by atoms with E-state index in [1.807, 2.05) is 4.90 Å². The summed E-state index contributed by atoms with van der Waals surface area (Å²) in [5.41, 5.74) is -0.572. The molecule has 142 valence electrons. The zero-order valence-corrected chi connectivity index (χ0v) is 14.2. The lowest BCUT2D eigenvalue weighted by atomic mass is 9.91. The van der Waals surface area contributed by atoms with Gasteiger partial charge < -0.3 is 19.8 Å². The Labute approximate surface area is 149 Å². The Morgan fingerprint density at radius 2 is 1.88 bits per heavy atom. The Balaban J connectivity index is 1.68. The molecule has 8 heteroatoms. The van der Waals surface area contributed by atoms with Crippen LogP contribution in [0.5, 0.6) is 0 Å². The highest BCUT2D eigenvalue weighted by Crippen LogP contribution is 2.32. The average molecular weight is 370 g/mol. The number of hydrogen-bond donors (Lipinski definition) is 2. The predicted molar refractivity (Wildman–Crippen MR) is 88.6 cm³/mol. The highest BCUT2D eigenvalue weighted by molar-refractivity contribution is 5.52. The normalized spacial score (nSPS) is 24.0. The number of rotatable bonds is 3. The molecule has 1 aliphatic carbocycles. The van der Waals surface area contributed by atoms with Gasteiger partial charge in [-0.25, -0.2) is 4.98 Å². The Kier molecular flexibility index (Phi) is 5.70. The lowest BCUT2D eigenvalue weighted by Gasteiger charge is -2.39. The first-order valence-electron chi connectivity index (χ1n) is 8.62. The van der Waals surface area contributed by atoms with Gasteiger partial charge in [0.05, 0.1) is 18.3 Å². The summed E-state index contributed by atoms with van der Waals surface area (Å²) in [5, 5.41) is 18.1. The van der Waals surface area contributed by atoms with Gasteiger partial charge in [-0.2, -0.15) is 13.2 Å². The molecule has 0 radical (unpaired) electrons. The fraction of sp³-hybridized carbons (Fsp3) is 0.611. The van der Waals surface area contributed by atoms with Crippen LogP contribution in [0.15, 0.2) is 12.1 Å². The number of ether oxygens (including phenoxy) is 1. The SMILES string of the molecule is OCC#Cc1cc(N2CCC(OC3CC(O)C3)CC2)cc(C(F)(F)F)n1. The zero-order valence-electron chi connectivity index (χ0n) is 14.2. The van der Waals surface area contributed by atoms with Crippen LogP contribution in [0.4, 0.5) is 18.9 Å². The third-order valence-electron chi connectivity index (χ3n) is 4.66. The smallest absolute Gasteiger partial charge is 0.393 e. The van der Waals surface area contributed by atoms with Gasteiger partial charge >= 0.3 is 6.18 Å². The standard InChI is InChI=1S/C18H21F3N2O3/c19-18(20,21)17-9-13(8-12(22-17)2-1-7-24)23-5-3-15(4-6-23)26-16-10-14(25)11-16/h8-9,14-16,24-25H,3-7,10-11H2. The molecule has 0 amide bonds. The fourth-order valence-electron chi connectivity index (χ4n) is 3.21. The van der Waals surface area contributed by atoms with Crippen molar-refractivity contribution in [3.8, 4) is 11.8 Å². The highest BCUT2D eigenvalue weighted by Gasteiger charge is 2.35. The maximum atomic E-state index is 13.1. The molecule has 1 aromatic heterocycles. The quantitative estimate of drug-likeness (QED) is 0.797. The van der Waals surface area contributed by atoms with Crippen LogP contribution in [-0.4, -0.2) is 53.2 Å². The van der Waals surface area contributed by atoms with Crippen molar-refractivity contribution in [3.05, 3.63) is 23.5 Å². The number of halogens is 3. The van der Waals surface area contributed by atoms with Crippen molar-refractivity contribution in [1.29, 1.82) is 0 Å². The average Bonchev–Trinajstić information content (AvgIpc) is 2.58. The van der Waals surface area contributed by atoms with Gasteiger partial charge in [-0.05, 0) is 43.7 Å². The summed E-state index contributed by atoms with van der Waals surface area (Å²) in [6.45, 7) is 0.716. The first kappa shape index (κ1) is 19.0. The van der Waals surface area contributed by atoms with Crippen molar-refractivity contribution in [2.45, 2.75) is 50.2 Å². The summed E-state index contributed by atoms with van der Waals surface area (Å²) in [6.07, 6.45) is -1.91.